The van der Waals surface area contributed by atoms with Crippen molar-refractivity contribution in [3.05, 3.63) is 32.8 Å². The van der Waals surface area contributed by atoms with E-state index in [0.717, 1.165) is 6.07 Å². The van der Waals surface area contributed by atoms with E-state index in [1.54, 1.807) is 0 Å². The van der Waals surface area contributed by atoms with Gasteiger partial charge in [-0.25, -0.2) is 0 Å². The molecule has 0 aromatic heterocycles. The van der Waals surface area contributed by atoms with Crippen LogP contribution in [-0.2, 0) is 4.74 Å². The van der Waals surface area contributed by atoms with Crippen molar-refractivity contribution in [3.8, 4) is 0 Å². The molecule has 0 saturated heterocycles. The number of hydrogen-bond acceptors (Lipinski definition) is 5. The summed E-state index contributed by atoms with van der Waals surface area (Å²) < 4.78 is 4.97. The Bertz CT molecular complexity index is 522. The van der Waals surface area contributed by atoms with Crippen LogP contribution in [0.2, 0.25) is 5.02 Å². The van der Waals surface area contributed by atoms with Gasteiger partial charge in [0.15, 0.2) is 0 Å². The first kappa shape index (κ1) is 16.2. The first-order valence-corrected chi connectivity index (χ1v) is 6.31. The molecule has 0 aliphatic carbocycles. The zero-order valence-corrected chi connectivity index (χ0v) is 11.9. The Morgan fingerprint density at radius 2 is 2.25 bits per heavy atom. The molecule has 1 unspecified atom stereocenters. The third-order valence-electron chi connectivity index (χ3n) is 2.76. The van der Waals surface area contributed by atoms with Gasteiger partial charge >= 0.3 is 0 Å². The molecule has 8 heteroatoms. The van der Waals surface area contributed by atoms with Crippen molar-refractivity contribution in [2.45, 2.75) is 19.4 Å². The topological polar surface area (TPSA) is 107 Å². The van der Waals surface area contributed by atoms with Crippen molar-refractivity contribution < 1.29 is 14.5 Å². The summed E-state index contributed by atoms with van der Waals surface area (Å²) in [6, 6.07) is 2.23. The molecule has 20 heavy (non-hydrogen) atoms. The number of carbonyl (C=O) groups is 1. The van der Waals surface area contributed by atoms with Crippen LogP contribution in [-0.4, -0.2) is 30.6 Å². The Morgan fingerprint density at radius 3 is 2.75 bits per heavy atom. The van der Waals surface area contributed by atoms with E-state index in [1.165, 1.54) is 13.2 Å². The minimum atomic E-state index is -0.676. The van der Waals surface area contributed by atoms with Gasteiger partial charge in [-0.1, -0.05) is 18.5 Å². The van der Waals surface area contributed by atoms with Gasteiger partial charge in [0.05, 0.1) is 22.6 Å². The van der Waals surface area contributed by atoms with E-state index < -0.39 is 10.8 Å². The van der Waals surface area contributed by atoms with Crippen molar-refractivity contribution in [2.75, 3.05) is 19.5 Å². The highest BCUT2D eigenvalue weighted by atomic mass is 35.5. The Balaban J connectivity index is 3.02. The Labute approximate surface area is 121 Å². The third kappa shape index (κ3) is 3.82. The summed E-state index contributed by atoms with van der Waals surface area (Å²) in [4.78, 5) is 22.2. The molecule has 0 bridgehead atoms. The van der Waals surface area contributed by atoms with Crippen LogP contribution in [0.1, 0.15) is 23.7 Å². The molecule has 1 aromatic carbocycles. The number of methoxy groups -OCH3 is 1. The Hall–Kier alpha value is -1.86. The van der Waals surface area contributed by atoms with E-state index in [1.807, 2.05) is 6.92 Å². The summed E-state index contributed by atoms with van der Waals surface area (Å²) >= 11 is 5.80. The van der Waals surface area contributed by atoms with Gasteiger partial charge in [0.2, 0.25) is 0 Å². The van der Waals surface area contributed by atoms with E-state index in [9.17, 15) is 14.9 Å². The minimum Gasteiger partial charge on any atom is -0.392 e. The molecular formula is C12H16ClN3O4. The number of anilines is 1. The molecule has 0 radical (unpaired) electrons. The van der Waals surface area contributed by atoms with Crippen LogP contribution in [0, 0.1) is 10.1 Å². The van der Waals surface area contributed by atoms with Crippen molar-refractivity contribution in [3.63, 3.8) is 0 Å². The monoisotopic (exact) mass is 301 g/mol. The van der Waals surface area contributed by atoms with Crippen LogP contribution in [0.5, 0.6) is 0 Å². The summed E-state index contributed by atoms with van der Waals surface area (Å²) in [7, 11) is 1.53. The van der Waals surface area contributed by atoms with Gasteiger partial charge in [-0.15, -0.1) is 0 Å². The van der Waals surface area contributed by atoms with Gasteiger partial charge in [0, 0.05) is 18.7 Å². The summed E-state index contributed by atoms with van der Waals surface area (Å²) in [6.45, 7) is 2.25. The van der Waals surface area contributed by atoms with E-state index >= 15 is 0 Å². The van der Waals surface area contributed by atoms with Crippen molar-refractivity contribution in [2.24, 2.45) is 0 Å². The number of nitrogen functional groups attached to an aromatic ring is 1. The fourth-order valence-electron chi connectivity index (χ4n) is 1.62. The first-order chi connectivity index (χ1) is 9.40. The second-order valence-electron chi connectivity index (χ2n) is 4.18. The number of amides is 1. The summed E-state index contributed by atoms with van der Waals surface area (Å²) in [6.07, 6.45) is 0.671. The molecule has 0 heterocycles. The largest absolute Gasteiger partial charge is 0.392 e. The lowest BCUT2D eigenvalue weighted by Crippen LogP contribution is -2.37. The quantitative estimate of drug-likeness (QED) is 0.474. The number of nitro groups is 1. The molecule has 1 atom stereocenters. The highest BCUT2D eigenvalue weighted by Gasteiger charge is 2.20. The second-order valence-corrected chi connectivity index (χ2v) is 4.59. The zero-order chi connectivity index (χ0) is 15.3. The number of hydrogen-bond donors (Lipinski definition) is 2. The first-order valence-electron chi connectivity index (χ1n) is 5.93. The van der Waals surface area contributed by atoms with Gasteiger partial charge in [0.1, 0.15) is 5.69 Å². The molecule has 0 fully saturated rings. The SMILES string of the molecule is CCC(COC)NC(=O)c1cc(Cl)c(N)c([N+](=O)[O-])c1. The maximum atomic E-state index is 12.0. The Kier molecular flexibility index (Phi) is 5.72. The Morgan fingerprint density at radius 1 is 1.60 bits per heavy atom. The molecule has 1 aromatic rings. The normalized spacial score (nSPS) is 11.9. The lowest BCUT2D eigenvalue weighted by atomic mass is 10.1. The maximum absolute atomic E-state index is 12.0. The van der Waals surface area contributed by atoms with E-state index in [2.05, 4.69) is 5.32 Å². The standard InChI is InChI=1S/C12H16ClN3O4/c1-3-8(6-20-2)15-12(17)7-4-9(13)11(14)10(5-7)16(18)19/h4-5,8H,3,6,14H2,1-2H3,(H,15,17). The van der Waals surface area contributed by atoms with E-state index in [0.29, 0.717) is 13.0 Å². The van der Waals surface area contributed by atoms with Crippen LogP contribution >= 0.6 is 11.6 Å². The highest BCUT2D eigenvalue weighted by molar-refractivity contribution is 6.34. The number of halogens is 1. The molecule has 1 rings (SSSR count). The number of nitrogens with two attached hydrogens (primary N) is 1. The molecule has 0 aliphatic rings. The lowest BCUT2D eigenvalue weighted by Gasteiger charge is -2.16. The molecule has 3 N–H and O–H groups in total. The van der Waals surface area contributed by atoms with Gasteiger partial charge in [-0.2, -0.15) is 0 Å². The van der Waals surface area contributed by atoms with Gasteiger partial charge in [-0.05, 0) is 12.5 Å². The predicted octanol–water partition coefficient (Wildman–Crippen LogP) is 1.99. The summed E-state index contributed by atoms with van der Waals surface area (Å²) in [5.41, 5.74) is 5.05. The predicted molar refractivity (Wildman–Crippen MR) is 75.9 cm³/mol. The third-order valence-corrected chi connectivity index (χ3v) is 3.08. The number of nitro benzene ring substituents is 1. The van der Waals surface area contributed by atoms with Crippen molar-refractivity contribution in [1.29, 1.82) is 0 Å². The van der Waals surface area contributed by atoms with Crippen molar-refractivity contribution in [1.82, 2.24) is 5.32 Å². The number of rotatable bonds is 6. The fraction of sp³-hybridized carbons (Fsp3) is 0.417. The number of benzene rings is 1. The molecule has 1 amide bonds. The molecule has 7 nitrogen and oxygen atoms in total. The van der Waals surface area contributed by atoms with E-state index in [-0.39, 0.29) is 28.0 Å². The number of nitrogens with one attached hydrogen (secondary N) is 1. The highest BCUT2D eigenvalue weighted by Crippen LogP contribution is 2.30. The molecule has 0 spiro atoms. The van der Waals surface area contributed by atoms with Gasteiger partial charge in [-0.3, -0.25) is 14.9 Å². The second kappa shape index (κ2) is 7.06. The van der Waals surface area contributed by atoms with Crippen LogP contribution in [0.3, 0.4) is 0 Å². The number of ether oxygens (including phenoxy) is 1. The van der Waals surface area contributed by atoms with Gasteiger partial charge in [0.25, 0.3) is 11.6 Å². The molecule has 0 saturated carbocycles. The van der Waals surface area contributed by atoms with Gasteiger partial charge < -0.3 is 15.8 Å². The number of carbonyl (C=O) groups excluding carboxylic acids is 1. The summed E-state index contributed by atoms with van der Waals surface area (Å²) in [5, 5.41) is 13.5. The average molecular weight is 302 g/mol. The minimum absolute atomic E-state index is 0.0239. The molecule has 110 valence electrons. The fourth-order valence-corrected chi connectivity index (χ4v) is 1.83. The summed E-state index contributed by atoms with van der Waals surface area (Å²) in [5.74, 6) is -0.459. The molecular weight excluding hydrogens is 286 g/mol. The van der Waals surface area contributed by atoms with Crippen LogP contribution in [0.15, 0.2) is 12.1 Å². The lowest BCUT2D eigenvalue weighted by molar-refractivity contribution is -0.383. The van der Waals surface area contributed by atoms with Crippen LogP contribution in [0.4, 0.5) is 11.4 Å². The van der Waals surface area contributed by atoms with Crippen molar-refractivity contribution >= 4 is 28.9 Å². The number of nitrogens with zero attached hydrogens (tertiary/aromatic N) is 1. The average Bonchev–Trinajstić information content (AvgIpc) is 2.40. The zero-order valence-electron chi connectivity index (χ0n) is 11.2. The molecule has 0 aliphatic heterocycles. The van der Waals surface area contributed by atoms with E-state index in [4.69, 9.17) is 22.1 Å². The van der Waals surface area contributed by atoms with Crippen LogP contribution in [0.25, 0.3) is 0 Å². The van der Waals surface area contributed by atoms with Crippen LogP contribution < -0.4 is 11.1 Å². The maximum Gasteiger partial charge on any atom is 0.294 e. The smallest absolute Gasteiger partial charge is 0.294 e.